The van der Waals surface area contributed by atoms with Crippen LogP contribution in [0.2, 0.25) is 0 Å². The molecule has 0 aromatic carbocycles. The quantitative estimate of drug-likeness (QED) is 0.878. The molecule has 20 heavy (non-hydrogen) atoms. The van der Waals surface area contributed by atoms with Crippen LogP contribution in [0.3, 0.4) is 0 Å². The summed E-state index contributed by atoms with van der Waals surface area (Å²) in [6.07, 6.45) is 14.6. The molecule has 1 N–H and O–H groups in total. The molecule has 3 heteroatoms. The van der Waals surface area contributed by atoms with Crippen molar-refractivity contribution < 1.29 is 0 Å². The highest BCUT2D eigenvalue weighted by molar-refractivity contribution is 5.00. The Labute approximate surface area is 123 Å². The molecule has 0 radical (unpaired) electrons. The Balaban J connectivity index is 1.47. The van der Waals surface area contributed by atoms with Crippen LogP contribution in [-0.4, -0.2) is 15.8 Å². The summed E-state index contributed by atoms with van der Waals surface area (Å²) in [7, 11) is 0. The first-order valence-corrected chi connectivity index (χ1v) is 8.60. The highest BCUT2D eigenvalue weighted by Gasteiger charge is 2.20. The van der Waals surface area contributed by atoms with E-state index in [1.807, 2.05) is 0 Å². The maximum Gasteiger partial charge on any atom is 0.0762 e. The van der Waals surface area contributed by atoms with E-state index in [0.29, 0.717) is 12.1 Å². The lowest BCUT2D eigenvalue weighted by atomic mass is 9.84. The third-order valence-corrected chi connectivity index (χ3v) is 5.32. The first-order valence-electron chi connectivity index (χ1n) is 8.60. The molecular formula is C17H29N3. The Morgan fingerprint density at radius 1 is 1.15 bits per heavy atom. The number of hydrogen-bond donors (Lipinski definition) is 1. The van der Waals surface area contributed by atoms with E-state index in [1.165, 1.54) is 63.5 Å². The van der Waals surface area contributed by atoms with Crippen molar-refractivity contribution in [3.05, 3.63) is 18.0 Å². The fourth-order valence-electron chi connectivity index (χ4n) is 3.91. The van der Waals surface area contributed by atoms with Gasteiger partial charge in [-0.3, -0.25) is 4.68 Å². The topological polar surface area (TPSA) is 29.9 Å². The first-order chi connectivity index (χ1) is 9.83. The molecule has 0 saturated heterocycles. The highest BCUT2D eigenvalue weighted by atomic mass is 15.3. The second-order valence-corrected chi connectivity index (χ2v) is 6.79. The summed E-state index contributed by atoms with van der Waals surface area (Å²) >= 11 is 0. The van der Waals surface area contributed by atoms with E-state index in [1.54, 1.807) is 0 Å². The lowest BCUT2D eigenvalue weighted by Gasteiger charge is -2.28. The molecule has 1 aromatic heterocycles. The van der Waals surface area contributed by atoms with Crippen LogP contribution in [0.25, 0.3) is 0 Å². The molecule has 112 valence electrons. The van der Waals surface area contributed by atoms with Crippen molar-refractivity contribution in [2.75, 3.05) is 0 Å². The predicted octanol–water partition coefficient (Wildman–Crippen LogP) is 4.06. The van der Waals surface area contributed by atoms with Gasteiger partial charge in [-0.1, -0.05) is 32.1 Å². The fourth-order valence-corrected chi connectivity index (χ4v) is 3.91. The van der Waals surface area contributed by atoms with Gasteiger partial charge in [-0.05, 0) is 44.6 Å². The van der Waals surface area contributed by atoms with Gasteiger partial charge >= 0.3 is 0 Å². The molecule has 2 aliphatic carbocycles. The highest BCUT2D eigenvalue weighted by Crippen LogP contribution is 2.29. The standard InChI is InChI=1S/C17H29N3/c1-14(15-7-3-2-4-8-15)18-13-16-11-12-20(19-16)17-9-5-6-10-17/h11-12,14-15,17-18H,2-10,13H2,1H3/t14-/m1/s1. The Morgan fingerprint density at radius 2 is 1.85 bits per heavy atom. The van der Waals surface area contributed by atoms with E-state index in [4.69, 9.17) is 5.10 Å². The molecule has 0 aliphatic heterocycles. The second-order valence-electron chi connectivity index (χ2n) is 6.79. The molecule has 0 unspecified atom stereocenters. The molecule has 0 amide bonds. The molecular weight excluding hydrogens is 246 g/mol. The van der Waals surface area contributed by atoms with E-state index in [2.05, 4.69) is 29.2 Å². The van der Waals surface area contributed by atoms with Crippen LogP contribution in [0, 0.1) is 5.92 Å². The van der Waals surface area contributed by atoms with Crippen LogP contribution in [0.4, 0.5) is 0 Å². The van der Waals surface area contributed by atoms with Gasteiger partial charge in [0.2, 0.25) is 0 Å². The molecule has 3 nitrogen and oxygen atoms in total. The fraction of sp³-hybridized carbons (Fsp3) is 0.824. The summed E-state index contributed by atoms with van der Waals surface area (Å²) in [4.78, 5) is 0. The summed E-state index contributed by atoms with van der Waals surface area (Å²) in [5.41, 5.74) is 1.21. The molecule has 1 heterocycles. The van der Waals surface area contributed by atoms with Crippen molar-refractivity contribution in [1.29, 1.82) is 0 Å². The molecule has 2 fully saturated rings. The van der Waals surface area contributed by atoms with Crippen LogP contribution in [0.5, 0.6) is 0 Å². The average Bonchev–Trinajstić information content (AvgIpc) is 3.16. The van der Waals surface area contributed by atoms with Gasteiger partial charge < -0.3 is 5.32 Å². The van der Waals surface area contributed by atoms with Crippen molar-refractivity contribution >= 4 is 0 Å². The predicted molar refractivity (Wildman–Crippen MR) is 82.6 cm³/mol. The Hall–Kier alpha value is -0.830. The first kappa shape index (κ1) is 14.1. The number of nitrogens with zero attached hydrogens (tertiary/aromatic N) is 2. The van der Waals surface area contributed by atoms with Crippen LogP contribution >= 0.6 is 0 Å². The zero-order chi connectivity index (χ0) is 13.8. The minimum Gasteiger partial charge on any atom is -0.308 e. The maximum absolute atomic E-state index is 4.76. The molecule has 1 aromatic rings. The summed E-state index contributed by atoms with van der Waals surface area (Å²) in [5, 5.41) is 8.46. The molecule has 3 rings (SSSR count). The molecule has 0 spiro atoms. The van der Waals surface area contributed by atoms with Gasteiger partial charge in [-0.15, -0.1) is 0 Å². The Morgan fingerprint density at radius 3 is 2.60 bits per heavy atom. The second kappa shape index (κ2) is 6.75. The summed E-state index contributed by atoms with van der Waals surface area (Å²) < 4.78 is 2.20. The van der Waals surface area contributed by atoms with Crippen LogP contribution in [0.1, 0.15) is 76.4 Å². The van der Waals surface area contributed by atoms with Crippen molar-refractivity contribution in [2.45, 2.75) is 83.3 Å². The third-order valence-electron chi connectivity index (χ3n) is 5.32. The van der Waals surface area contributed by atoms with Gasteiger partial charge in [0, 0.05) is 18.8 Å². The van der Waals surface area contributed by atoms with E-state index in [0.717, 1.165) is 12.5 Å². The zero-order valence-corrected chi connectivity index (χ0v) is 12.9. The van der Waals surface area contributed by atoms with E-state index < -0.39 is 0 Å². The van der Waals surface area contributed by atoms with Crippen LogP contribution in [0.15, 0.2) is 12.3 Å². The number of hydrogen-bond acceptors (Lipinski definition) is 2. The monoisotopic (exact) mass is 275 g/mol. The van der Waals surface area contributed by atoms with Gasteiger partial charge in [0.25, 0.3) is 0 Å². The number of rotatable bonds is 5. The minimum atomic E-state index is 0.631. The van der Waals surface area contributed by atoms with Gasteiger partial charge in [0.1, 0.15) is 0 Å². The molecule has 2 saturated carbocycles. The van der Waals surface area contributed by atoms with Gasteiger partial charge in [0.05, 0.1) is 11.7 Å². The maximum atomic E-state index is 4.76. The largest absolute Gasteiger partial charge is 0.308 e. The number of nitrogens with one attached hydrogen (secondary N) is 1. The van der Waals surface area contributed by atoms with E-state index in [-0.39, 0.29) is 0 Å². The molecule has 2 aliphatic rings. The summed E-state index contributed by atoms with van der Waals surface area (Å²) in [5.74, 6) is 0.876. The zero-order valence-electron chi connectivity index (χ0n) is 12.9. The third kappa shape index (κ3) is 3.43. The normalized spacial score (nSPS) is 23.2. The van der Waals surface area contributed by atoms with Gasteiger partial charge in [-0.2, -0.15) is 5.10 Å². The van der Waals surface area contributed by atoms with Crippen molar-refractivity contribution in [1.82, 2.24) is 15.1 Å². The lowest BCUT2D eigenvalue weighted by molar-refractivity contribution is 0.279. The van der Waals surface area contributed by atoms with Crippen molar-refractivity contribution in [2.24, 2.45) is 5.92 Å². The van der Waals surface area contributed by atoms with Crippen LogP contribution in [-0.2, 0) is 6.54 Å². The van der Waals surface area contributed by atoms with Crippen LogP contribution < -0.4 is 5.32 Å². The Kier molecular flexibility index (Phi) is 4.77. The Bertz CT molecular complexity index is 400. The minimum absolute atomic E-state index is 0.631. The van der Waals surface area contributed by atoms with E-state index >= 15 is 0 Å². The van der Waals surface area contributed by atoms with E-state index in [9.17, 15) is 0 Å². The van der Waals surface area contributed by atoms with Crippen molar-refractivity contribution in [3.8, 4) is 0 Å². The van der Waals surface area contributed by atoms with Gasteiger partial charge in [-0.25, -0.2) is 0 Å². The average molecular weight is 275 g/mol. The van der Waals surface area contributed by atoms with Crippen molar-refractivity contribution in [3.63, 3.8) is 0 Å². The summed E-state index contributed by atoms with van der Waals surface area (Å²) in [6.45, 7) is 3.28. The summed E-state index contributed by atoms with van der Waals surface area (Å²) in [6, 6.07) is 3.49. The smallest absolute Gasteiger partial charge is 0.0762 e. The SMILES string of the molecule is C[C@@H](NCc1ccn(C2CCCC2)n1)C1CCCCC1. The lowest BCUT2D eigenvalue weighted by Crippen LogP contribution is -2.34. The molecule has 0 bridgehead atoms. The molecule has 1 atom stereocenters. The van der Waals surface area contributed by atoms with Gasteiger partial charge in [0.15, 0.2) is 0 Å². The number of aromatic nitrogens is 2.